The second-order valence-electron chi connectivity index (χ2n) is 3.85. The van der Waals surface area contributed by atoms with Gasteiger partial charge >= 0.3 is 0 Å². The summed E-state index contributed by atoms with van der Waals surface area (Å²) < 4.78 is 5.67. The molecule has 0 radical (unpaired) electrons. The molecule has 1 aromatic carbocycles. The van der Waals surface area contributed by atoms with Crippen molar-refractivity contribution in [2.24, 2.45) is 4.99 Å². The SMILES string of the molecule is Cc1ccc(-c2ccc(CCN=C=O)o2)cc1. The largest absolute Gasteiger partial charge is 0.461 e. The standard InChI is InChI=1S/C14H13NO2/c1-11-2-4-12(5-3-11)14-7-6-13(17-14)8-9-15-10-16/h2-7H,8-9H2,1H3. The Kier molecular flexibility index (Phi) is 3.53. The molecule has 3 nitrogen and oxygen atoms in total. The molecule has 1 heterocycles. The second-order valence-corrected chi connectivity index (χ2v) is 3.85. The predicted octanol–water partition coefficient (Wildman–Crippen LogP) is 3.13. The molecule has 0 fully saturated rings. The third-order valence-corrected chi connectivity index (χ3v) is 2.53. The summed E-state index contributed by atoms with van der Waals surface area (Å²) in [4.78, 5) is 13.4. The van der Waals surface area contributed by atoms with Gasteiger partial charge in [0, 0.05) is 12.0 Å². The Labute approximate surface area is 99.8 Å². The molecule has 2 aromatic rings. The first-order chi connectivity index (χ1) is 8.29. The molecular formula is C14H13NO2. The van der Waals surface area contributed by atoms with E-state index in [2.05, 4.69) is 11.9 Å². The fourth-order valence-electron chi connectivity index (χ4n) is 1.60. The first kappa shape index (κ1) is 11.4. The quantitative estimate of drug-likeness (QED) is 0.594. The summed E-state index contributed by atoms with van der Waals surface area (Å²) in [7, 11) is 0. The average molecular weight is 227 g/mol. The molecule has 0 aliphatic rings. The average Bonchev–Trinajstić information content (AvgIpc) is 2.79. The molecule has 3 heteroatoms. The molecule has 1 aromatic heterocycles. The molecule has 0 saturated heterocycles. The number of hydrogen-bond donors (Lipinski definition) is 0. The van der Waals surface area contributed by atoms with Crippen LogP contribution < -0.4 is 0 Å². The van der Waals surface area contributed by atoms with E-state index in [4.69, 9.17) is 4.42 Å². The van der Waals surface area contributed by atoms with Crippen LogP contribution in [0.25, 0.3) is 11.3 Å². The van der Waals surface area contributed by atoms with Gasteiger partial charge in [0.05, 0.1) is 6.54 Å². The van der Waals surface area contributed by atoms with Gasteiger partial charge in [-0.05, 0) is 19.1 Å². The van der Waals surface area contributed by atoms with Crippen LogP contribution in [0.5, 0.6) is 0 Å². The number of isocyanates is 1. The van der Waals surface area contributed by atoms with E-state index in [1.54, 1.807) is 0 Å². The van der Waals surface area contributed by atoms with Crippen LogP contribution in [0.1, 0.15) is 11.3 Å². The molecule has 0 spiro atoms. The van der Waals surface area contributed by atoms with E-state index in [-0.39, 0.29) is 0 Å². The van der Waals surface area contributed by atoms with Crippen molar-refractivity contribution >= 4 is 6.08 Å². The van der Waals surface area contributed by atoms with Crippen LogP contribution in [-0.4, -0.2) is 12.6 Å². The Bertz CT molecular complexity index is 534. The molecule has 86 valence electrons. The lowest BCUT2D eigenvalue weighted by Crippen LogP contribution is -1.85. The maximum absolute atomic E-state index is 9.93. The van der Waals surface area contributed by atoms with Crippen LogP contribution in [0.4, 0.5) is 0 Å². The van der Waals surface area contributed by atoms with Gasteiger partial charge in [-0.25, -0.2) is 9.79 Å². The Morgan fingerprint density at radius 1 is 1.18 bits per heavy atom. The highest BCUT2D eigenvalue weighted by Gasteiger charge is 2.03. The van der Waals surface area contributed by atoms with E-state index in [0.29, 0.717) is 13.0 Å². The number of carbonyl (C=O) groups excluding carboxylic acids is 1. The third kappa shape index (κ3) is 2.92. The summed E-state index contributed by atoms with van der Waals surface area (Å²) in [6.07, 6.45) is 2.14. The van der Waals surface area contributed by atoms with E-state index in [9.17, 15) is 4.79 Å². The maximum atomic E-state index is 9.93. The molecule has 0 aliphatic carbocycles. The van der Waals surface area contributed by atoms with Crippen molar-refractivity contribution in [2.75, 3.05) is 6.54 Å². The highest BCUT2D eigenvalue weighted by atomic mass is 16.3. The van der Waals surface area contributed by atoms with Gasteiger partial charge in [-0.1, -0.05) is 29.8 Å². The van der Waals surface area contributed by atoms with Gasteiger partial charge in [0.15, 0.2) is 0 Å². The number of benzene rings is 1. The second kappa shape index (κ2) is 5.28. The van der Waals surface area contributed by atoms with Crippen molar-refractivity contribution in [3.05, 3.63) is 47.7 Å². The summed E-state index contributed by atoms with van der Waals surface area (Å²) in [5.41, 5.74) is 2.28. The first-order valence-corrected chi connectivity index (χ1v) is 5.49. The van der Waals surface area contributed by atoms with Gasteiger partial charge in [-0.3, -0.25) is 0 Å². The van der Waals surface area contributed by atoms with Crippen molar-refractivity contribution in [3.63, 3.8) is 0 Å². The lowest BCUT2D eigenvalue weighted by Gasteiger charge is -1.97. The van der Waals surface area contributed by atoms with Crippen LogP contribution in [0.15, 0.2) is 45.8 Å². The minimum absolute atomic E-state index is 0.421. The number of nitrogens with zero attached hydrogens (tertiary/aromatic N) is 1. The molecular weight excluding hydrogens is 214 g/mol. The predicted molar refractivity (Wildman–Crippen MR) is 65.6 cm³/mol. The van der Waals surface area contributed by atoms with Crippen LogP contribution >= 0.6 is 0 Å². The fourth-order valence-corrected chi connectivity index (χ4v) is 1.60. The van der Waals surface area contributed by atoms with Crippen molar-refractivity contribution in [3.8, 4) is 11.3 Å². The zero-order chi connectivity index (χ0) is 12.1. The maximum Gasteiger partial charge on any atom is 0.234 e. The zero-order valence-corrected chi connectivity index (χ0v) is 9.64. The normalized spacial score (nSPS) is 9.94. The molecule has 0 saturated carbocycles. The van der Waals surface area contributed by atoms with Gasteiger partial charge < -0.3 is 4.42 Å². The van der Waals surface area contributed by atoms with E-state index >= 15 is 0 Å². The highest BCUT2D eigenvalue weighted by Crippen LogP contribution is 2.22. The number of aliphatic imine (C=N–C) groups is 1. The molecule has 17 heavy (non-hydrogen) atoms. The minimum atomic E-state index is 0.421. The van der Waals surface area contributed by atoms with Crippen molar-refractivity contribution in [1.29, 1.82) is 0 Å². The Balaban J connectivity index is 2.12. The van der Waals surface area contributed by atoms with Gasteiger partial charge in [0.2, 0.25) is 6.08 Å². The van der Waals surface area contributed by atoms with Crippen molar-refractivity contribution < 1.29 is 9.21 Å². The number of hydrogen-bond acceptors (Lipinski definition) is 3. The number of rotatable bonds is 4. The summed E-state index contributed by atoms with van der Waals surface area (Å²) >= 11 is 0. The smallest absolute Gasteiger partial charge is 0.234 e. The zero-order valence-electron chi connectivity index (χ0n) is 9.64. The molecule has 0 N–H and O–H groups in total. The van der Waals surface area contributed by atoms with Gasteiger partial charge in [0.1, 0.15) is 11.5 Å². The Hall–Kier alpha value is -2.12. The molecule has 0 atom stereocenters. The van der Waals surface area contributed by atoms with Gasteiger partial charge in [-0.15, -0.1) is 0 Å². The first-order valence-electron chi connectivity index (χ1n) is 5.49. The summed E-state index contributed by atoms with van der Waals surface area (Å²) in [5, 5.41) is 0. The topological polar surface area (TPSA) is 42.6 Å². The van der Waals surface area contributed by atoms with Crippen LogP contribution in [-0.2, 0) is 11.2 Å². The molecule has 2 rings (SSSR count). The highest BCUT2D eigenvalue weighted by molar-refractivity contribution is 5.57. The number of aryl methyl sites for hydroxylation is 1. The number of furan rings is 1. The van der Waals surface area contributed by atoms with E-state index in [1.807, 2.05) is 36.4 Å². The lowest BCUT2D eigenvalue weighted by molar-refractivity contribution is 0.522. The molecule has 0 amide bonds. The van der Waals surface area contributed by atoms with Crippen molar-refractivity contribution in [2.45, 2.75) is 13.3 Å². The van der Waals surface area contributed by atoms with Crippen molar-refractivity contribution in [1.82, 2.24) is 0 Å². The van der Waals surface area contributed by atoms with Crippen LogP contribution in [0.3, 0.4) is 0 Å². The lowest BCUT2D eigenvalue weighted by atomic mass is 10.1. The Morgan fingerprint density at radius 2 is 1.94 bits per heavy atom. The summed E-state index contributed by atoms with van der Waals surface area (Å²) in [5.74, 6) is 1.68. The monoisotopic (exact) mass is 227 g/mol. The summed E-state index contributed by atoms with van der Waals surface area (Å²) in [6.45, 7) is 2.47. The minimum Gasteiger partial charge on any atom is -0.461 e. The third-order valence-electron chi connectivity index (χ3n) is 2.53. The van der Waals surface area contributed by atoms with E-state index < -0.39 is 0 Å². The van der Waals surface area contributed by atoms with E-state index in [1.165, 1.54) is 11.6 Å². The van der Waals surface area contributed by atoms with Crippen LogP contribution in [0.2, 0.25) is 0 Å². The van der Waals surface area contributed by atoms with E-state index in [0.717, 1.165) is 17.1 Å². The van der Waals surface area contributed by atoms with Crippen LogP contribution in [0, 0.1) is 6.92 Å². The Morgan fingerprint density at radius 3 is 2.65 bits per heavy atom. The molecule has 0 aliphatic heterocycles. The van der Waals surface area contributed by atoms with Gasteiger partial charge in [-0.2, -0.15) is 0 Å². The molecule has 0 unspecified atom stereocenters. The fraction of sp³-hybridized carbons (Fsp3) is 0.214. The molecule has 0 bridgehead atoms. The van der Waals surface area contributed by atoms with Gasteiger partial charge in [0.25, 0.3) is 0 Å². The summed E-state index contributed by atoms with van der Waals surface area (Å²) in [6, 6.07) is 12.0.